The molecule has 0 aromatic rings. The number of nitrogens with two attached hydrogens (primary N) is 2. The number of carbonyl (C=O) groups is 1. The van der Waals surface area contributed by atoms with Crippen molar-refractivity contribution in [2.75, 3.05) is 6.54 Å². The molecule has 0 rings (SSSR count). The Morgan fingerprint density at radius 1 is 1.58 bits per heavy atom. The Labute approximate surface area is 115 Å². The van der Waals surface area contributed by atoms with E-state index in [2.05, 4.69) is 5.43 Å². The molecule has 5 N–H and O–H groups in total. The summed E-state index contributed by atoms with van der Waals surface area (Å²) in [6, 6.07) is -0.281. The Kier molecular flexibility index (Phi) is 13.0. The smallest absolute Gasteiger partial charge is 0.597 e. The summed E-state index contributed by atoms with van der Waals surface area (Å²) in [6.45, 7) is 0.547. The first kappa shape index (κ1) is 15.5. The normalized spacial score (nSPS) is 11.8. The van der Waals surface area contributed by atoms with E-state index in [1.807, 2.05) is 0 Å². The van der Waals surface area contributed by atoms with Crippen LogP contribution >= 0.6 is 0 Å². The van der Waals surface area contributed by atoms with Crippen LogP contribution < -0.4 is 63.0 Å². The molecule has 0 amide bonds. The van der Waals surface area contributed by atoms with Crippen LogP contribution in [0.25, 0.3) is 5.43 Å². The Balaban J connectivity index is 0. The predicted octanol–water partition coefficient (Wildman–Crippen LogP) is -3.18. The predicted molar refractivity (Wildman–Crippen MR) is 41.9 cm³/mol. The molecule has 0 saturated heterocycles. The van der Waals surface area contributed by atoms with Crippen molar-refractivity contribution in [3.05, 3.63) is 5.43 Å². The van der Waals surface area contributed by atoms with Gasteiger partial charge >= 0.3 is 57.4 Å². The zero-order valence-corrected chi connectivity index (χ0v) is 10.5. The number of hydrogen-bond donors (Lipinski definition) is 3. The van der Waals surface area contributed by atoms with Gasteiger partial charge in [-0.2, -0.15) is 0 Å². The molecule has 0 aliphatic carbocycles. The van der Waals surface area contributed by atoms with Crippen molar-refractivity contribution in [3.63, 3.8) is 0 Å². The fraction of sp³-hybridized carbons (Fsp3) is 0.833. The van der Waals surface area contributed by atoms with Gasteiger partial charge in [0.2, 0.25) is 0 Å². The van der Waals surface area contributed by atoms with Gasteiger partial charge in [0.25, 0.3) is 0 Å². The van der Waals surface area contributed by atoms with Crippen molar-refractivity contribution in [2.45, 2.75) is 25.3 Å². The molecule has 0 aromatic heterocycles. The summed E-state index contributed by atoms with van der Waals surface area (Å²) < 4.78 is 0. The van der Waals surface area contributed by atoms with Gasteiger partial charge in [-0.25, -0.2) is 0 Å². The van der Waals surface area contributed by atoms with Gasteiger partial charge in [-0.05, 0) is 13.0 Å². The number of rotatable bonds is 6. The standard InChI is InChI=1S/C6H14N3O2.K/c7-3-1-2-5(9-8)4-6(10)11;/h5H,1-4,7-8H2,(H,10,11);/q-1;+1. The molecule has 0 fully saturated rings. The third-order valence-electron chi connectivity index (χ3n) is 1.36. The number of carboxylic acid groups (broad SMARTS) is 1. The monoisotopic (exact) mass is 199 g/mol. The molecular formula is C6H14KN3O2. The van der Waals surface area contributed by atoms with E-state index in [9.17, 15) is 4.79 Å². The minimum atomic E-state index is -0.874. The Morgan fingerprint density at radius 3 is 2.50 bits per heavy atom. The molecular weight excluding hydrogens is 185 g/mol. The molecule has 12 heavy (non-hydrogen) atoms. The number of hydrogen-bond acceptors (Lipinski definition) is 3. The van der Waals surface area contributed by atoms with Crippen LogP contribution in [0.4, 0.5) is 0 Å². The van der Waals surface area contributed by atoms with Crippen molar-refractivity contribution in [2.24, 2.45) is 11.6 Å². The second-order valence-corrected chi connectivity index (χ2v) is 2.33. The zero-order chi connectivity index (χ0) is 8.69. The van der Waals surface area contributed by atoms with E-state index in [1.54, 1.807) is 0 Å². The fourth-order valence-corrected chi connectivity index (χ4v) is 0.784. The van der Waals surface area contributed by atoms with Crippen LogP contribution in [-0.4, -0.2) is 23.7 Å². The van der Waals surface area contributed by atoms with Crippen molar-refractivity contribution in [1.29, 1.82) is 0 Å². The van der Waals surface area contributed by atoms with Crippen molar-refractivity contribution in [1.82, 2.24) is 0 Å². The molecule has 0 spiro atoms. The van der Waals surface area contributed by atoms with Gasteiger partial charge in [-0.15, -0.1) is 6.04 Å². The van der Waals surface area contributed by atoms with Crippen LogP contribution in [-0.2, 0) is 4.79 Å². The molecule has 0 heterocycles. The first-order valence-corrected chi connectivity index (χ1v) is 3.52. The summed E-state index contributed by atoms with van der Waals surface area (Å²) in [5.74, 6) is 4.11. The van der Waals surface area contributed by atoms with Crippen LogP contribution in [0.3, 0.4) is 0 Å². The topological polar surface area (TPSA) is 103 Å². The number of carboxylic acids is 1. The summed E-state index contributed by atoms with van der Waals surface area (Å²) >= 11 is 0. The molecule has 0 aliphatic heterocycles. The quantitative estimate of drug-likeness (QED) is 0.238. The maximum absolute atomic E-state index is 10.2. The molecule has 0 bridgehead atoms. The van der Waals surface area contributed by atoms with E-state index in [-0.39, 0.29) is 63.8 Å². The summed E-state index contributed by atoms with van der Waals surface area (Å²) in [5.41, 5.74) is 8.66. The Bertz CT molecular complexity index is 123. The van der Waals surface area contributed by atoms with Gasteiger partial charge in [0.1, 0.15) is 0 Å². The van der Waals surface area contributed by atoms with E-state index in [0.29, 0.717) is 13.0 Å². The van der Waals surface area contributed by atoms with Crippen LogP contribution in [0, 0.1) is 0 Å². The fourth-order valence-electron chi connectivity index (χ4n) is 0.784. The summed E-state index contributed by atoms with van der Waals surface area (Å²) in [7, 11) is 0. The number of aliphatic carboxylic acids is 1. The Morgan fingerprint density at radius 2 is 2.17 bits per heavy atom. The second-order valence-electron chi connectivity index (χ2n) is 2.33. The van der Waals surface area contributed by atoms with Gasteiger partial charge < -0.3 is 22.1 Å². The number of nitrogens with zero attached hydrogens (tertiary/aromatic N) is 1. The minimum absolute atomic E-state index is 0. The van der Waals surface area contributed by atoms with Gasteiger partial charge in [-0.3, -0.25) is 4.79 Å². The summed E-state index contributed by atoms with van der Waals surface area (Å²) in [4.78, 5) is 10.2. The SMILES string of the molecule is NCCCC(CC(=O)O)[N-]N.[K+]. The van der Waals surface area contributed by atoms with Crippen molar-refractivity contribution < 1.29 is 61.3 Å². The van der Waals surface area contributed by atoms with Crippen molar-refractivity contribution in [3.8, 4) is 0 Å². The first-order chi connectivity index (χ1) is 5.20. The van der Waals surface area contributed by atoms with E-state index < -0.39 is 5.97 Å². The maximum Gasteiger partial charge on any atom is 1.00 e. The van der Waals surface area contributed by atoms with E-state index in [4.69, 9.17) is 16.7 Å². The van der Waals surface area contributed by atoms with Gasteiger partial charge in [0, 0.05) is 6.42 Å². The molecule has 0 aliphatic rings. The molecule has 0 aromatic carbocycles. The van der Waals surface area contributed by atoms with Crippen LogP contribution in [0.2, 0.25) is 0 Å². The zero-order valence-electron chi connectivity index (χ0n) is 7.36. The molecule has 0 radical (unpaired) electrons. The molecule has 1 atom stereocenters. The van der Waals surface area contributed by atoms with E-state index in [1.165, 1.54) is 0 Å². The maximum atomic E-state index is 10.2. The molecule has 66 valence electrons. The Hall–Kier alpha value is 0.986. The largest absolute Gasteiger partial charge is 1.00 e. The van der Waals surface area contributed by atoms with Crippen molar-refractivity contribution >= 4 is 5.97 Å². The molecule has 0 saturated carbocycles. The molecule has 6 heteroatoms. The summed E-state index contributed by atoms with van der Waals surface area (Å²) in [6.07, 6.45) is 1.41. The summed E-state index contributed by atoms with van der Waals surface area (Å²) in [5, 5.41) is 8.37. The third-order valence-corrected chi connectivity index (χ3v) is 1.36. The third kappa shape index (κ3) is 9.08. The average Bonchev–Trinajstić information content (AvgIpc) is 1.97. The second kappa shape index (κ2) is 10.1. The minimum Gasteiger partial charge on any atom is -0.597 e. The van der Waals surface area contributed by atoms with Gasteiger partial charge in [0.15, 0.2) is 0 Å². The van der Waals surface area contributed by atoms with E-state index >= 15 is 0 Å². The molecule has 1 unspecified atom stereocenters. The molecule has 5 nitrogen and oxygen atoms in total. The van der Waals surface area contributed by atoms with Crippen LogP contribution in [0.15, 0.2) is 0 Å². The van der Waals surface area contributed by atoms with Crippen LogP contribution in [0.1, 0.15) is 19.3 Å². The first-order valence-electron chi connectivity index (χ1n) is 3.52. The van der Waals surface area contributed by atoms with Gasteiger partial charge in [-0.1, -0.05) is 6.42 Å². The van der Waals surface area contributed by atoms with Gasteiger partial charge in [0.05, 0.1) is 0 Å². The van der Waals surface area contributed by atoms with Crippen LogP contribution in [0.5, 0.6) is 0 Å². The van der Waals surface area contributed by atoms with E-state index in [0.717, 1.165) is 6.42 Å². The average molecular weight is 199 g/mol.